The maximum absolute atomic E-state index is 12.4. The first-order valence-electron chi connectivity index (χ1n) is 7.88. The molecule has 2 fully saturated rings. The van der Waals surface area contributed by atoms with Gasteiger partial charge in [-0.25, -0.2) is 0 Å². The molecule has 0 aromatic heterocycles. The Bertz CT molecular complexity index is 345. The smallest absolute Gasteiger partial charge is 0.312 e. The van der Waals surface area contributed by atoms with Gasteiger partial charge in [-0.1, -0.05) is 13.8 Å². The molecule has 1 spiro atoms. The summed E-state index contributed by atoms with van der Waals surface area (Å²) in [5.41, 5.74) is -0.734. The van der Waals surface area contributed by atoms with Crippen LogP contribution >= 0.6 is 0 Å². The number of hydrogen-bond donors (Lipinski definition) is 0. The van der Waals surface area contributed by atoms with E-state index in [2.05, 4.69) is 6.92 Å². The lowest BCUT2D eigenvalue weighted by molar-refractivity contribution is -0.216. The maximum atomic E-state index is 12.4. The Morgan fingerprint density at radius 1 is 1.10 bits per heavy atom. The van der Waals surface area contributed by atoms with Gasteiger partial charge in [0.25, 0.3) is 0 Å². The monoisotopic (exact) mass is 284 g/mol. The van der Waals surface area contributed by atoms with E-state index in [4.69, 9.17) is 14.2 Å². The van der Waals surface area contributed by atoms with E-state index in [1.807, 2.05) is 20.8 Å². The molecule has 0 aromatic rings. The molecule has 1 aliphatic carbocycles. The first-order valence-corrected chi connectivity index (χ1v) is 7.88. The molecule has 0 amide bonds. The molecule has 1 saturated carbocycles. The van der Waals surface area contributed by atoms with E-state index in [1.54, 1.807) is 0 Å². The molecule has 20 heavy (non-hydrogen) atoms. The predicted octanol–water partition coefficient (Wildman–Crippen LogP) is 3.43. The van der Waals surface area contributed by atoms with E-state index >= 15 is 0 Å². The number of rotatable bonds is 4. The van der Waals surface area contributed by atoms with Gasteiger partial charge in [-0.3, -0.25) is 4.79 Å². The number of hydrogen-bond acceptors (Lipinski definition) is 4. The number of esters is 1. The second kappa shape index (κ2) is 5.64. The third-order valence-electron chi connectivity index (χ3n) is 5.13. The zero-order valence-electron chi connectivity index (χ0n) is 13.3. The predicted molar refractivity (Wildman–Crippen MR) is 76.3 cm³/mol. The van der Waals surface area contributed by atoms with Gasteiger partial charge in [-0.15, -0.1) is 0 Å². The van der Waals surface area contributed by atoms with Crippen molar-refractivity contribution in [3.05, 3.63) is 0 Å². The van der Waals surface area contributed by atoms with Crippen LogP contribution in [0.25, 0.3) is 0 Å². The molecule has 0 N–H and O–H groups in total. The third kappa shape index (κ3) is 3.01. The molecule has 116 valence electrons. The van der Waals surface area contributed by atoms with Crippen molar-refractivity contribution in [2.24, 2.45) is 5.41 Å². The molecule has 0 radical (unpaired) electrons. The van der Waals surface area contributed by atoms with Crippen molar-refractivity contribution in [1.82, 2.24) is 0 Å². The number of carbonyl (C=O) groups excluding carboxylic acids is 1. The number of ether oxygens (including phenoxy) is 3. The highest BCUT2D eigenvalue weighted by molar-refractivity contribution is 5.76. The molecule has 2 aliphatic rings. The fraction of sp³-hybridized carbons (Fsp3) is 0.938. The summed E-state index contributed by atoms with van der Waals surface area (Å²) in [5, 5.41) is 0. The minimum Gasteiger partial charge on any atom is -0.459 e. The highest BCUT2D eigenvalue weighted by Crippen LogP contribution is 2.44. The molecule has 1 saturated heterocycles. The Morgan fingerprint density at radius 2 is 1.65 bits per heavy atom. The summed E-state index contributed by atoms with van der Waals surface area (Å²) in [6, 6.07) is 0. The SMILES string of the molecule is CCC1(OC(=O)C(C)(C)CC)CCC2(CC1)OCCO2. The van der Waals surface area contributed by atoms with Crippen LogP contribution in [0.15, 0.2) is 0 Å². The van der Waals surface area contributed by atoms with Crippen LogP contribution in [0.4, 0.5) is 0 Å². The van der Waals surface area contributed by atoms with Crippen LogP contribution in [0, 0.1) is 5.41 Å². The molecular weight excluding hydrogens is 256 g/mol. The topological polar surface area (TPSA) is 44.8 Å². The summed E-state index contributed by atoms with van der Waals surface area (Å²) < 4.78 is 17.4. The zero-order valence-corrected chi connectivity index (χ0v) is 13.3. The normalized spacial score (nSPS) is 24.8. The van der Waals surface area contributed by atoms with Crippen LogP contribution in [0.3, 0.4) is 0 Å². The summed E-state index contributed by atoms with van der Waals surface area (Å²) in [6.07, 6.45) is 4.95. The van der Waals surface area contributed by atoms with Crippen LogP contribution in [-0.4, -0.2) is 30.6 Å². The van der Waals surface area contributed by atoms with Crippen molar-refractivity contribution in [3.63, 3.8) is 0 Å². The summed E-state index contributed by atoms with van der Waals surface area (Å²) in [5.74, 6) is -0.475. The fourth-order valence-electron chi connectivity index (χ4n) is 2.88. The van der Waals surface area contributed by atoms with Crippen LogP contribution in [0.5, 0.6) is 0 Å². The van der Waals surface area contributed by atoms with E-state index in [9.17, 15) is 4.79 Å². The van der Waals surface area contributed by atoms with E-state index < -0.39 is 11.2 Å². The van der Waals surface area contributed by atoms with Crippen LogP contribution < -0.4 is 0 Å². The Hall–Kier alpha value is -0.610. The highest BCUT2D eigenvalue weighted by Gasteiger charge is 2.48. The first-order chi connectivity index (χ1) is 9.37. The quantitative estimate of drug-likeness (QED) is 0.742. The molecule has 1 heterocycles. The molecule has 0 atom stereocenters. The van der Waals surface area contributed by atoms with Crippen LogP contribution in [0.1, 0.15) is 66.2 Å². The Kier molecular flexibility index (Phi) is 4.45. The van der Waals surface area contributed by atoms with E-state index in [0.717, 1.165) is 38.5 Å². The average Bonchev–Trinajstić information content (AvgIpc) is 2.90. The first kappa shape index (κ1) is 15.8. The molecule has 4 nitrogen and oxygen atoms in total. The second-order valence-electron chi connectivity index (χ2n) is 6.77. The van der Waals surface area contributed by atoms with Gasteiger partial charge in [0, 0.05) is 12.8 Å². The van der Waals surface area contributed by atoms with Gasteiger partial charge < -0.3 is 14.2 Å². The van der Waals surface area contributed by atoms with E-state index in [-0.39, 0.29) is 11.6 Å². The summed E-state index contributed by atoms with van der Waals surface area (Å²) in [6.45, 7) is 9.39. The van der Waals surface area contributed by atoms with Gasteiger partial charge in [0.05, 0.1) is 18.6 Å². The lowest BCUT2D eigenvalue weighted by Gasteiger charge is -2.43. The molecule has 0 aromatic carbocycles. The lowest BCUT2D eigenvalue weighted by Crippen LogP contribution is -2.47. The highest BCUT2D eigenvalue weighted by atomic mass is 16.7. The molecule has 2 rings (SSSR count). The fourth-order valence-corrected chi connectivity index (χ4v) is 2.88. The third-order valence-corrected chi connectivity index (χ3v) is 5.13. The Morgan fingerprint density at radius 3 is 2.10 bits per heavy atom. The van der Waals surface area contributed by atoms with Gasteiger partial charge in [0.15, 0.2) is 5.79 Å². The van der Waals surface area contributed by atoms with Crippen molar-refractivity contribution in [2.75, 3.05) is 13.2 Å². The molecule has 1 aliphatic heterocycles. The van der Waals surface area contributed by atoms with Gasteiger partial charge >= 0.3 is 5.97 Å². The Balaban J connectivity index is 2.00. The molecule has 4 heteroatoms. The van der Waals surface area contributed by atoms with Gasteiger partial charge in [-0.05, 0) is 39.5 Å². The molecule has 0 bridgehead atoms. The summed E-state index contributed by atoms with van der Waals surface area (Å²) >= 11 is 0. The van der Waals surface area contributed by atoms with Gasteiger partial charge in [-0.2, -0.15) is 0 Å². The van der Waals surface area contributed by atoms with Gasteiger partial charge in [0.2, 0.25) is 0 Å². The second-order valence-corrected chi connectivity index (χ2v) is 6.77. The summed E-state index contributed by atoms with van der Waals surface area (Å²) in [7, 11) is 0. The molecule has 0 unspecified atom stereocenters. The van der Waals surface area contributed by atoms with Crippen molar-refractivity contribution < 1.29 is 19.0 Å². The van der Waals surface area contributed by atoms with E-state index in [1.165, 1.54) is 0 Å². The largest absolute Gasteiger partial charge is 0.459 e. The van der Waals surface area contributed by atoms with Crippen molar-refractivity contribution >= 4 is 5.97 Å². The minimum absolute atomic E-state index is 0.0777. The van der Waals surface area contributed by atoms with Crippen LogP contribution in [0.2, 0.25) is 0 Å². The van der Waals surface area contributed by atoms with Crippen LogP contribution in [-0.2, 0) is 19.0 Å². The molecular formula is C16H28O4. The van der Waals surface area contributed by atoms with Crippen molar-refractivity contribution in [2.45, 2.75) is 77.6 Å². The average molecular weight is 284 g/mol. The van der Waals surface area contributed by atoms with Gasteiger partial charge in [0.1, 0.15) is 5.60 Å². The maximum Gasteiger partial charge on any atom is 0.312 e. The zero-order chi connectivity index (χ0) is 14.9. The lowest BCUT2D eigenvalue weighted by atomic mass is 9.79. The van der Waals surface area contributed by atoms with E-state index in [0.29, 0.717) is 13.2 Å². The standard InChI is InChI=1S/C16H28O4/c1-5-14(3,4)13(17)20-15(6-2)7-9-16(10-8-15)18-11-12-19-16/h5-12H2,1-4H3. The summed E-state index contributed by atoms with van der Waals surface area (Å²) in [4.78, 5) is 12.4. The number of carbonyl (C=O) groups is 1. The van der Waals surface area contributed by atoms with Crippen molar-refractivity contribution in [1.29, 1.82) is 0 Å². The van der Waals surface area contributed by atoms with Crippen molar-refractivity contribution in [3.8, 4) is 0 Å². The minimum atomic E-state index is -0.405. The Labute approximate surface area is 122 Å².